The molecule has 2 aliphatic heterocycles. The quantitative estimate of drug-likeness (QED) is 0.873. The van der Waals surface area contributed by atoms with E-state index in [0.717, 1.165) is 11.3 Å². The number of fused-ring (bicyclic) bond motifs is 2. The number of rotatable bonds is 2. The lowest BCUT2D eigenvalue weighted by atomic mass is 9.73. The fourth-order valence-electron chi connectivity index (χ4n) is 4.20. The maximum Gasteiger partial charge on any atom is 0.270 e. The largest absolute Gasteiger partial charge is 0.491 e. The van der Waals surface area contributed by atoms with Gasteiger partial charge in [-0.1, -0.05) is 18.2 Å². The molecule has 140 valence electrons. The molecule has 0 saturated carbocycles. The molecule has 0 atom stereocenters. The number of likely N-dealkylation sites (N-methyl/N-ethyl adjacent to an activating group) is 1. The Kier molecular flexibility index (Phi) is 4.02. The van der Waals surface area contributed by atoms with Crippen LogP contribution in [-0.4, -0.2) is 48.9 Å². The Morgan fingerprint density at radius 1 is 1.19 bits per heavy atom. The van der Waals surface area contributed by atoms with E-state index in [4.69, 9.17) is 4.74 Å². The van der Waals surface area contributed by atoms with Crippen LogP contribution in [0.15, 0.2) is 41.3 Å². The highest BCUT2D eigenvalue weighted by Crippen LogP contribution is 2.47. The Labute approximate surface area is 156 Å². The molecule has 27 heavy (non-hydrogen) atoms. The van der Waals surface area contributed by atoms with Gasteiger partial charge < -0.3 is 19.5 Å². The van der Waals surface area contributed by atoms with Crippen LogP contribution < -0.4 is 15.1 Å². The average Bonchev–Trinajstić information content (AvgIpc) is 2.90. The molecule has 1 aromatic carbocycles. The van der Waals surface area contributed by atoms with Crippen molar-refractivity contribution in [2.75, 3.05) is 32.1 Å². The van der Waals surface area contributed by atoms with Gasteiger partial charge in [0.2, 0.25) is 11.3 Å². The molecule has 0 radical (unpaired) electrons. The van der Waals surface area contributed by atoms with Crippen LogP contribution in [0.3, 0.4) is 0 Å². The number of aromatic amines is 1. The van der Waals surface area contributed by atoms with Crippen LogP contribution in [0.5, 0.6) is 5.75 Å². The Hall–Kier alpha value is -3.09. The molecule has 2 aliphatic rings. The number of para-hydroxylation sites is 1. The summed E-state index contributed by atoms with van der Waals surface area (Å²) in [7, 11) is 3.21. The number of nitrogens with zero attached hydrogens (tertiary/aromatic N) is 2. The number of methoxy groups -OCH3 is 1. The van der Waals surface area contributed by atoms with Gasteiger partial charge in [-0.3, -0.25) is 14.4 Å². The second kappa shape index (κ2) is 6.26. The number of likely N-dealkylation sites (tertiary alicyclic amines) is 1. The normalized spacial score (nSPS) is 17.9. The van der Waals surface area contributed by atoms with Crippen LogP contribution >= 0.6 is 0 Å². The van der Waals surface area contributed by atoms with E-state index >= 15 is 0 Å². The predicted octanol–water partition coefficient (Wildman–Crippen LogP) is 1.53. The second-order valence-electron chi connectivity index (χ2n) is 7.03. The lowest BCUT2D eigenvalue weighted by molar-refractivity contribution is -0.124. The van der Waals surface area contributed by atoms with Gasteiger partial charge in [0.1, 0.15) is 5.69 Å². The molecule has 0 aliphatic carbocycles. The van der Waals surface area contributed by atoms with Crippen molar-refractivity contribution in [3.05, 3.63) is 58.0 Å². The van der Waals surface area contributed by atoms with Crippen molar-refractivity contribution >= 4 is 17.5 Å². The zero-order valence-electron chi connectivity index (χ0n) is 15.3. The van der Waals surface area contributed by atoms with Crippen molar-refractivity contribution < 1.29 is 14.3 Å². The van der Waals surface area contributed by atoms with E-state index in [0.29, 0.717) is 25.9 Å². The van der Waals surface area contributed by atoms with Gasteiger partial charge in [-0.15, -0.1) is 0 Å². The first-order chi connectivity index (χ1) is 13.0. The lowest BCUT2D eigenvalue weighted by Gasteiger charge is -2.38. The van der Waals surface area contributed by atoms with Crippen LogP contribution in [0, 0.1) is 0 Å². The van der Waals surface area contributed by atoms with E-state index in [-0.39, 0.29) is 28.7 Å². The topological polar surface area (TPSA) is 82.7 Å². The number of hydrogen-bond donors (Lipinski definition) is 1. The van der Waals surface area contributed by atoms with E-state index in [2.05, 4.69) is 4.98 Å². The summed E-state index contributed by atoms with van der Waals surface area (Å²) in [5.41, 5.74) is 1.32. The van der Waals surface area contributed by atoms with E-state index in [1.165, 1.54) is 19.4 Å². The molecular formula is C20H21N3O4. The van der Waals surface area contributed by atoms with Crippen molar-refractivity contribution in [1.29, 1.82) is 0 Å². The molecule has 1 aromatic heterocycles. The molecular weight excluding hydrogens is 346 g/mol. The van der Waals surface area contributed by atoms with Gasteiger partial charge in [-0.25, -0.2) is 0 Å². The van der Waals surface area contributed by atoms with Crippen molar-refractivity contribution in [3.8, 4) is 5.75 Å². The first-order valence-electron chi connectivity index (χ1n) is 8.91. The third-order valence-corrected chi connectivity index (χ3v) is 5.73. The Bertz CT molecular complexity index is 973. The number of benzene rings is 1. The molecule has 3 heterocycles. The van der Waals surface area contributed by atoms with E-state index in [1.54, 1.807) is 16.8 Å². The summed E-state index contributed by atoms with van der Waals surface area (Å²) in [6, 6.07) is 9.11. The number of carbonyl (C=O) groups excluding carboxylic acids is 2. The number of carbonyl (C=O) groups is 2. The molecule has 2 amide bonds. The molecule has 2 aromatic rings. The smallest absolute Gasteiger partial charge is 0.270 e. The number of piperidine rings is 1. The molecule has 0 bridgehead atoms. The van der Waals surface area contributed by atoms with Crippen LogP contribution in [-0.2, 0) is 10.2 Å². The zero-order valence-corrected chi connectivity index (χ0v) is 15.3. The molecule has 4 rings (SSSR count). The molecule has 7 nitrogen and oxygen atoms in total. The highest BCUT2D eigenvalue weighted by Gasteiger charge is 2.51. The van der Waals surface area contributed by atoms with Gasteiger partial charge in [0.15, 0.2) is 5.75 Å². The highest BCUT2D eigenvalue weighted by molar-refractivity contribution is 6.08. The fraction of sp³-hybridized carbons (Fsp3) is 0.350. The Balaban J connectivity index is 1.56. The van der Waals surface area contributed by atoms with Crippen molar-refractivity contribution in [2.45, 2.75) is 18.3 Å². The molecule has 1 fully saturated rings. The first-order valence-corrected chi connectivity index (χ1v) is 8.91. The molecule has 0 unspecified atom stereocenters. The maximum atomic E-state index is 13.0. The summed E-state index contributed by atoms with van der Waals surface area (Å²) in [6.45, 7) is 0.918. The van der Waals surface area contributed by atoms with E-state index in [1.807, 2.05) is 24.3 Å². The summed E-state index contributed by atoms with van der Waals surface area (Å²) in [4.78, 5) is 43.9. The Morgan fingerprint density at radius 2 is 1.89 bits per heavy atom. The minimum Gasteiger partial charge on any atom is -0.491 e. The third-order valence-electron chi connectivity index (χ3n) is 5.73. The highest BCUT2D eigenvalue weighted by atomic mass is 16.5. The minimum atomic E-state index is -0.560. The number of anilines is 1. The summed E-state index contributed by atoms with van der Waals surface area (Å²) >= 11 is 0. The summed E-state index contributed by atoms with van der Waals surface area (Å²) in [6.07, 6.45) is 2.53. The standard InChI is InChI=1S/C20H21N3O4/c1-22-15-6-4-3-5-13(15)20(19(22)26)7-9-23(10-8-20)18(25)14-11-16(24)17(27-2)12-21-14/h3-6,11-12H,7-10H2,1-2H3,(H,21,24). The fourth-order valence-corrected chi connectivity index (χ4v) is 4.20. The SMILES string of the molecule is COc1c[nH]c(C(=O)N2CCC3(CC2)C(=O)N(C)c2ccccc23)cc1=O. The number of H-pyrrole nitrogens is 1. The summed E-state index contributed by atoms with van der Waals surface area (Å²) in [5, 5.41) is 0. The van der Waals surface area contributed by atoms with Gasteiger partial charge in [0, 0.05) is 38.1 Å². The van der Waals surface area contributed by atoms with E-state index in [9.17, 15) is 14.4 Å². The van der Waals surface area contributed by atoms with E-state index < -0.39 is 5.41 Å². The van der Waals surface area contributed by atoms with Gasteiger partial charge >= 0.3 is 0 Å². The van der Waals surface area contributed by atoms with Crippen LogP contribution in [0.4, 0.5) is 5.69 Å². The van der Waals surface area contributed by atoms with Crippen LogP contribution in [0.2, 0.25) is 0 Å². The maximum absolute atomic E-state index is 13.0. The number of nitrogens with one attached hydrogen (secondary N) is 1. The van der Waals surface area contributed by atoms with Crippen molar-refractivity contribution in [1.82, 2.24) is 9.88 Å². The van der Waals surface area contributed by atoms with Gasteiger partial charge in [0.25, 0.3) is 5.91 Å². The zero-order chi connectivity index (χ0) is 19.2. The lowest BCUT2D eigenvalue weighted by Crippen LogP contribution is -2.49. The molecule has 1 spiro atoms. The third kappa shape index (κ3) is 2.53. The predicted molar refractivity (Wildman–Crippen MR) is 100 cm³/mol. The number of pyridine rings is 1. The van der Waals surface area contributed by atoms with Crippen LogP contribution in [0.25, 0.3) is 0 Å². The summed E-state index contributed by atoms with van der Waals surface area (Å²) in [5.74, 6) is 0.0192. The molecule has 1 saturated heterocycles. The minimum absolute atomic E-state index is 0.0913. The Morgan fingerprint density at radius 3 is 2.56 bits per heavy atom. The average molecular weight is 367 g/mol. The number of aromatic nitrogens is 1. The van der Waals surface area contributed by atoms with Crippen molar-refractivity contribution in [3.63, 3.8) is 0 Å². The van der Waals surface area contributed by atoms with Crippen LogP contribution in [0.1, 0.15) is 28.9 Å². The number of amides is 2. The first kappa shape index (κ1) is 17.3. The molecule has 7 heteroatoms. The molecule has 1 N–H and O–H groups in total. The number of hydrogen-bond acceptors (Lipinski definition) is 4. The monoisotopic (exact) mass is 367 g/mol. The summed E-state index contributed by atoms with van der Waals surface area (Å²) < 4.78 is 4.93. The van der Waals surface area contributed by atoms with Gasteiger partial charge in [-0.2, -0.15) is 0 Å². The number of ether oxygens (including phenoxy) is 1. The second-order valence-corrected chi connectivity index (χ2v) is 7.03. The van der Waals surface area contributed by atoms with Crippen molar-refractivity contribution in [2.24, 2.45) is 0 Å². The van der Waals surface area contributed by atoms with Gasteiger partial charge in [0.05, 0.1) is 12.5 Å². The van der Waals surface area contributed by atoms with Gasteiger partial charge in [-0.05, 0) is 24.5 Å².